The molecule has 0 heterocycles. The number of hydrogen-bond donors (Lipinski definition) is 1. The minimum Gasteiger partial charge on any atom is -0.496 e. The van der Waals surface area contributed by atoms with Gasteiger partial charge in [0.25, 0.3) is 0 Å². The molecule has 3 unspecified atom stereocenters. The fraction of sp³-hybridized carbons (Fsp3) is 0.600. The fourth-order valence-corrected chi connectivity index (χ4v) is 3.04. The third-order valence-electron chi connectivity index (χ3n) is 4.10. The smallest absolute Gasteiger partial charge is 0.123 e. The highest BCUT2D eigenvalue weighted by Gasteiger charge is 2.34. The Hall–Kier alpha value is -0.580. The van der Waals surface area contributed by atoms with E-state index in [2.05, 4.69) is 40.9 Å². The van der Waals surface area contributed by atoms with Gasteiger partial charge in [0.15, 0.2) is 0 Å². The van der Waals surface area contributed by atoms with Crippen LogP contribution < -0.4 is 10.5 Å². The highest BCUT2D eigenvalue weighted by atomic mass is 79.9. The zero-order chi connectivity index (χ0) is 14.0. The number of halogens is 1. The van der Waals surface area contributed by atoms with Gasteiger partial charge in [-0.05, 0) is 43.5 Å². The Bertz CT molecular complexity index is 438. The van der Waals surface area contributed by atoms with E-state index in [-0.39, 0.29) is 6.04 Å². The molecule has 1 aromatic rings. The van der Waals surface area contributed by atoms with Crippen molar-refractivity contribution in [2.24, 2.45) is 17.6 Å². The maximum atomic E-state index is 6.00. The first kappa shape index (κ1) is 14.8. The SMILES string of the molecule is COc1ccc(Br)cc1C(CN)N(C)CC1CC1C. The van der Waals surface area contributed by atoms with Crippen LogP contribution >= 0.6 is 15.9 Å². The zero-order valence-electron chi connectivity index (χ0n) is 11.9. The van der Waals surface area contributed by atoms with Gasteiger partial charge in [-0.25, -0.2) is 0 Å². The van der Waals surface area contributed by atoms with Gasteiger partial charge >= 0.3 is 0 Å². The van der Waals surface area contributed by atoms with E-state index in [1.54, 1.807) is 7.11 Å². The molecule has 1 aliphatic carbocycles. The van der Waals surface area contributed by atoms with Gasteiger partial charge in [0, 0.05) is 23.1 Å². The lowest BCUT2D eigenvalue weighted by atomic mass is 10.0. The van der Waals surface area contributed by atoms with Crippen molar-refractivity contribution in [1.29, 1.82) is 0 Å². The van der Waals surface area contributed by atoms with Crippen molar-refractivity contribution in [2.75, 3.05) is 27.2 Å². The normalized spacial score (nSPS) is 23.5. The maximum absolute atomic E-state index is 6.00. The lowest BCUT2D eigenvalue weighted by Gasteiger charge is -2.28. The minimum absolute atomic E-state index is 0.209. The van der Waals surface area contributed by atoms with Gasteiger partial charge in [0.2, 0.25) is 0 Å². The Balaban J connectivity index is 2.17. The van der Waals surface area contributed by atoms with E-state index in [9.17, 15) is 0 Å². The molecule has 1 fully saturated rings. The number of nitrogens with zero attached hydrogens (tertiary/aromatic N) is 1. The highest BCUT2D eigenvalue weighted by Crippen LogP contribution is 2.40. The summed E-state index contributed by atoms with van der Waals surface area (Å²) in [6, 6.07) is 6.32. The van der Waals surface area contributed by atoms with Crippen LogP contribution in [-0.4, -0.2) is 32.1 Å². The van der Waals surface area contributed by atoms with E-state index < -0.39 is 0 Å². The summed E-state index contributed by atoms with van der Waals surface area (Å²) in [4.78, 5) is 2.36. The van der Waals surface area contributed by atoms with Crippen LogP contribution in [0.2, 0.25) is 0 Å². The Kier molecular flexibility index (Phi) is 4.87. The van der Waals surface area contributed by atoms with Crippen LogP contribution in [-0.2, 0) is 0 Å². The van der Waals surface area contributed by atoms with E-state index in [4.69, 9.17) is 10.5 Å². The first-order valence-electron chi connectivity index (χ1n) is 6.80. The molecule has 0 aromatic heterocycles. The largest absolute Gasteiger partial charge is 0.496 e. The van der Waals surface area contributed by atoms with Crippen molar-refractivity contribution in [3.8, 4) is 5.75 Å². The van der Waals surface area contributed by atoms with Crippen LogP contribution in [0.5, 0.6) is 5.75 Å². The van der Waals surface area contributed by atoms with E-state index in [0.717, 1.165) is 34.2 Å². The molecule has 2 rings (SSSR count). The Morgan fingerprint density at radius 3 is 2.74 bits per heavy atom. The van der Waals surface area contributed by atoms with Gasteiger partial charge in [-0.3, -0.25) is 4.90 Å². The standard InChI is InChI=1S/C15H23BrN2O/c1-10-6-11(10)9-18(2)14(8-17)13-7-12(16)4-5-15(13)19-3/h4-5,7,10-11,14H,6,8-9,17H2,1-3H3. The molecule has 106 valence electrons. The van der Waals surface area contributed by atoms with Crippen molar-refractivity contribution in [3.05, 3.63) is 28.2 Å². The fourth-order valence-electron chi connectivity index (χ4n) is 2.66. The lowest BCUT2D eigenvalue weighted by Crippen LogP contribution is -2.32. The number of rotatable bonds is 6. The quantitative estimate of drug-likeness (QED) is 0.873. The predicted molar refractivity (Wildman–Crippen MR) is 82.4 cm³/mol. The van der Waals surface area contributed by atoms with Crippen LogP contribution in [0.15, 0.2) is 22.7 Å². The molecule has 2 N–H and O–H groups in total. The third-order valence-corrected chi connectivity index (χ3v) is 4.60. The number of benzene rings is 1. The van der Waals surface area contributed by atoms with Crippen LogP contribution in [0, 0.1) is 11.8 Å². The maximum Gasteiger partial charge on any atom is 0.123 e. The molecule has 1 aromatic carbocycles. The molecule has 0 spiro atoms. The first-order valence-corrected chi connectivity index (χ1v) is 7.59. The average molecular weight is 327 g/mol. The van der Waals surface area contributed by atoms with Crippen molar-refractivity contribution in [1.82, 2.24) is 4.90 Å². The van der Waals surface area contributed by atoms with Gasteiger partial charge < -0.3 is 10.5 Å². The Morgan fingerprint density at radius 2 is 2.21 bits per heavy atom. The summed E-state index contributed by atoms with van der Waals surface area (Å²) < 4.78 is 6.54. The molecule has 3 nitrogen and oxygen atoms in total. The lowest BCUT2D eigenvalue weighted by molar-refractivity contribution is 0.231. The molecule has 0 amide bonds. The number of nitrogens with two attached hydrogens (primary N) is 1. The average Bonchev–Trinajstić information content (AvgIpc) is 3.06. The summed E-state index contributed by atoms with van der Waals surface area (Å²) in [6.45, 7) is 4.03. The molecule has 0 aliphatic heterocycles. The van der Waals surface area contributed by atoms with Gasteiger partial charge in [-0.2, -0.15) is 0 Å². The highest BCUT2D eigenvalue weighted by molar-refractivity contribution is 9.10. The molecule has 0 bridgehead atoms. The summed E-state index contributed by atoms with van der Waals surface area (Å²) in [7, 11) is 3.87. The number of hydrogen-bond acceptors (Lipinski definition) is 3. The molecule has 0 saturated heterocycles. The van der Waals surface area contributed by atoms with Crippen molar-refractivity contribution in [3.63, 3.8) is 0 Å². The van der Waals surface area contributed by atoms with E-state index in [0.29, 0.717) is 6.54 Å². The van der Waals surface area contributed by atoms with E-state index >= 15 is 0 Å². The zero-order valence-corrected chi connectivity index (χ0v) is 13.5. The topological polar surface area (TPSA) is 38.5 Å². The summed E-state index contributed by atoms with van der Waals surface area (Å²) in [5, 5.41) is 0. The van der Waals surface area contributed by atoms with Crippen molar-refractivity contribution in [2.45, 2.75) is 19.4 Å². The minimum atomic E-state index is 0.209. The summed E-state index contributed by atoms with van der Waals surface area (Å²) in [5.41, 5.74) is 7.16. The van der Waals surface area contributed by atoms with Crippen LogP contribution in [0.4, 0.5) is 0 Å². The van der Waals surface area contributed by atoms with Gasteiger partial charge in [-0.15, -0.1) is 0 Å². The summed E-state index contributed by atoms with van der Waals surface area (Å²) >= 11 is 3.53. The molecule has 1 saturated carbocycles. The third kappa shape index (κ3) is 3.50. The Morgan fingerprint density at radius 1 is 1.53 bits per heavy atom. The van der Waals surface area contributed by atoms with Crippen LogP contribution in [0.1, 0.15) is 24.9 Å². The molecule has 1 aliphatic rings. The van der Waals surface area contributed by atoms with Crippen LogP contribution in [0.25, 0.3) is 0 Å². The molecular weight excluding hydrogens is 304 g/mol. The van der Waals surface area contributed by atoms with Crippen molar-refractivity contribution < 1.29 is 4.74 Å². The summed E-state index contributed by atoms with van der Waals surface area (Å²) in [5.74, 6) is 2.61. The van der Waals surface area contributed by atoms with Gasteiger partial charge in [0.05, 0.1) is 13.2 Å². The second kappa shape index (κ2) is 6.25. The first-order chi connectivity index (χ1) is 9.06. The number of likely N-dealkylation sites (N-methyl/N-ethyl adjacent to an activating group) is 1. The van der Waals surface area contributed by atoms with Crippen molar-refractivity contribution >= 4 is 15.9 Å². The molecule has 3 atom stereocenters. The monoisotopic (exact) mass is 326 g/mol. The number of methoxy groups -OCH3 is 1. The second-order valence-corrected chi connectivity index (χ2v) is 6.47. The molecular formula is C15H23BrN2O. The van der Waals surface area contributed by atoms with E-state index in [1.165, 1.54) is 6.42 Å². The van der Waals surface area contributed by atoms with Crippen LogP contribution in [0.3, 0.4) is 0 Å². The van der Waals surface area contributed by atoms with E-state index in [1.807, 2.05) is 12.1 Å². The summed E-state index contributed by atoms with van der Waals surface area (Å²) in [6.07, 6.45) is 1.34. The van der Waals surface area contributed by atoms with Gasteiger partial charge in [0.1, 0.15) is 5.75 Å². The molecule has 4 heteroatoms. The predicted octanol–water partition coefficient (Wildman–Crippen LogP) is 3.05. The van der Waals surface area contributed by atoms with Gasteiger partial charge in [-0.1, -0.05) is 22.9 Å². The molecule has 0 radical (unpaired) electrons. The second-order valence-electron chi connectivity index (χ2n) is 5.55. The molecule has 19 heavy (non-hydrogen) atoms. The Labute approximate surface area is 124 Å². The number of ether oxygens (including phenoxy) is 1.